The second kappa shape index (κ2) is 15.0. The minimum atomic E-state index is 0.675. The molecule has 280 valence electrons. The number of fused-ring (bicyclic) bond motifs is 5. The van der Waals surface area contributed by atoms with E-state index in [2.05, 4.69) is 200 Å². The molecule has 4 heteroatoms. The molecule has 0 spiro atoms. The van der Waals surface area contributed by atoms with Crippen LogP contribution in [-0.4, -0.2) is 19.9 Å². The molecule has 8 aromatic carbocycles. The standard InChI is InChI=1S/C56H36N4/c1-4-12-37(13-5-1)39-20-24-42(25-21-39)52-36-53(60-56(59-52)45-30-22-40(23-31-45)38-14-6-2-7-15-38)43-26-28-44(29-27-43)55-54-47(46-18-10-11-19-50(46)58-55)32-35-51-48(54)33-34-49(57-51)41-16-8-3-9-17-41/h1-36H. The van der Waals surface area contributed by atoms with Crippen molar-refractivity contribution in [2.75, 3.05) is 0 Å². The lowest BCUT2D eigenvalue weighted by atomic mass is 9.95. The van der Waals surface area contributed by atoms with Gasteiger partial charge < -0.3 is 0 Å². The Balaban J connectivity index is 1.02. The molecular weight excluding hydrogens is 729 g/mol. The molecule has 0 unspecified atom stereocenters. The predicted octanol–water partition coefficient (Wildman–Crippen LogP) is 14.4. The minimum Gasteiger partial charge on any atom is -0.248 e. The summed E-state index contributed by atoms with van der Waals surface area (Å²) in [5.41, 5.74) is 15.2. The predicted molar refractivity (Wildman–Crippen MR) is 248 cm³/mol. The largest absolute Gasteiger partial charge is 0.248 e. The monoisotopic (exact) mass is 764 g/mol. The summed E-state index contributed by atoms with van der Waals surface area (Å²) in [6.07, 6.45) is 0. The summed E-state index contributed by atoms with van der Waals surface area (Å²) in [5.74, 6) is 0.675. The van der Waals surface area contributed by atoms with Gasteiger partial charge in [-0.05, 0) is 58.0 Å². The molecule has 0 bridgehead atoms. The van der Waals surface area contributed by atoms with E-state index in [-0.39, 0.29) is 0 Å². The van der Waals surface area contributed by atoms with Crippen molar-refractivity contribution in [2.45, 2.75) is 0 Å². The van der Waals surface area contributed by atoms with Gasteiger partial charge in [0.05, 0.1) is 33.8 Å². The maximum Gasteiger partial charge on any atom is 0.160 e. The molecule has 4 nitrogen and oxygen atoms in total. The van der Waals surface area contributed by atoms with Gasteiger partial charge in [0.2, 0.25) is 0 Å². The minimum absolute atomic E-state index is 0.675. The van der Waals surface area contributed by atoms with Crippen molar-refractivity contribution in [3.8, 4) is 78.7 Å². The van der Waals surface area contributed by atoms with E-state index in [4.69, 9.17) is 19.9 Å². The number of hydrogen-bond acceptors (Lipinski definition) is 4. The van der Waals surface area contributed by atoms with Gasteiger partial charge in [0.1, 0.15) is 0 Å². The van der Waals surface area contributed by atoms with Crippen LogP contribution in [0.25, 0.3) is 111 Å². The molecule has 0 saturated carbocycles. The van der Waals surface area contributed by atoms with E-state index in [0.717, 1.165) is 94.3 Å². The lowest BCUT2D eigenvalue weighted by Gasteiger charge is -2.14. The Hall–Kier alpha value is -8.08. The summed E-state index contributed by atoms with van der Waals surface area (Å²) >= 11 is 0. The lowest BCUT2D eigenvalue weighted by Crippen LogP contribution is -1.96. The van der Waals surface area contributed by atoms with Crippen LogP contribution in [0, 0.1) is 0 Å². The Labute approximate surface area is 348 Å². The van der Waals surface area contributed by atoms with Crippen molar-refractivity contribution in [3.63, 3.8) is 0 Å². The zero-order valence-corrected chi connectivity index (χ0v) is 32.6. The average molecular weight is 765 g/mol. The molecule has 0 saturated heterocycles. The Morgan fingerprint density at radius 3 is 1.27 bits per heavy atom. The van der Waals surface area contributed by atoms with Crippen LogP contribution in [0.15, 0.2) is 218 Å². The van der Waals surface area contributed by atoms with Crippen molar-refractivity contribution >= 4 is 32.6 Å². The van der Waals surface area contributed by atoms with Crippen molar-refractivity contribution in [1.29, 1.82) is 0 Å². The fourth-order valence-electron chi connectivity index (χ4n) is 8.21. The third-order valence-electron chi connectivity index (χ3n) is 11.3. The number of para-hydroxylation sites is 1. The molecule has 0 aliphatic rings. The molecule has 0 aliphatic heterocycles. The highest BCUT2D eigenvalue weighted by Crippen LogP contribution is 2.39. The molecule has 0 aliphatic carbocycles. The van der Waals surface area contributed by atoms with Gasteiger partial charge in [-0.15, -0.1) is 0 Å². The zero-order valence-electron chi connectivity index (χ0n) is 32.6. The maximum atomic E-state index is 5.32. The van der Waals surface area contributed by atoms with Gasteiger partial charge in [-0.25, -0.2) is 19.9 Å². The van der Waals surface area contributed by atoms with Crippen molar-refractivity contribution in [2.24, 2.45) is 0 Å². The third-order valence-corrected chi connectivity index (χ3v) is 11.3. The first-order chi connectivity index (χ1) is 29.7. The number of nitrogens with zero attached hydrogens (tertiary/aromatic N) is 4. The van der Waals surface area contributed by atoms with Gasteiger partial charge >= 0.3 is 0 Å². The van der Waals surface area contributed by atoms with Crippen LogP contribution in [-0.2, 0) is 0 Å². The maximum absolute atomic E-state index is 5.32. The summed E-state index contributed by atoms with van der Waals surface area (Å²) in [4.78, 5) is 20.8. The third kappa shape index (κ3) is 6.56. The molecule has 3 aromatic heterocycles. The molecule has 3 heterocycles. The summed E-state index contributed by atoms with van der Waals surface area (Å²) in [5, 5.41) is 4.45. The van der Waals surface area contributed by atoms with Crippen LogP contribution in [0.4, 0.5) is 0 Å². The second-order valence-corrected chi connectivity index (χ2v) is 15.0. The second-order valence-electron chi connectivity index (χ2n) is 15.0. The molecule has 11 aromatic rings. The SMILES string of the molecule is c1ccc(-c2ccc(-c3cc(-c4ccc(-c5nc6ccccc6c6ccc7nc(-c8ccccc8)ccc7c56)cc4)nc(-c4ccc(-c5ccccc5)cc4)n3)cc2)cc1. The van der Waals surface area contributed by atoms with Gasteiger partial charge in [-0.2, -0.15) is 0 Å². The summed E-state index contributed by atoms with van der Waals surface area (Å²) in [6.45, 7) is 0. The molecule has 60 heavy (non-hydrogen) atoms. The highest BCUT2D eigenvalue weighted by atomic mass is 14.9. The molecule has 0 fully saturated rings. The van der Waals surface area contributed by atoms with E-state index < -0.39 is 0 Å². The highest BCUT2D eigenvalue weighted by Gasteiger charge is 2.17. The van der Waals surface area contributed by atoms with Crippen LogP contribution in [0.5, 0.6) is 0 Å². The Morgan fingerprint density at radius 1 is 0.233 bits per heavy atom. The van der Waals surface area contributed by atoms with E-state index in [9.17, 15) is 0 Å². The fraction of sp³-hybridized carbons (Fsp3) is 0. The lowest BCUT2D eigenvalue weighted by molar-refractivity contribution is 1.18. The number of benzene rings is 8. The topological polar surface area (TPSA) is 51.6 Å². The number of pyridine rings is 2. The van der Waals surface area contributed by atoms with Gasteiger partial charge in [0.15, 0.2) is 5.82 Å². The first-order valence-corrected chi connectivity index (χ1v) is 20.2. The molecular formula is C56H36N4. The van der Waals surface area contributed by atoms with Crippen molar-refractivity contribution in [3.05, 3.63) is 218 Å². The summed E-state index contributed by atoms with van der Waals surface area (Å²) in [7, 11) is 0. The van der Waals surface area contributed by atoms with Gasteiger partial charge in [-0.1, -0.05) is 188 Å². The Kier molecular flexibility index (Phi) is 8.79. The average Bonchev–Trinajstić information content (AvgIpc) is 3.34. The number of aromatic nitrogens is 4. The smallest absolute Gasteiger partial charge is 0.160 e. The Morgan fingerprint density at radius 2 is 0.667 bits per heavy atom. The van der Waals surface area contributed by atoms with E-state index in [1.54, 1.807) is 0 Å². The first-order valence-electron chi connectivity index (χ1n) is 20.2. The van der Waals surface area contributed by atoms with Crippen LogP contribution in [0.1, 0.15) is 0 Å². The molecule has 11 rings (SSSR count). The fourth-order valence-corrected chi connectivity index (χ4v) is 8.21. The van der Waals surface area contributed by atoms with Gasteiger partial charge in [0.25, 0.3) is 0 Å². The van der Waals surface area contributed by atoms with E-state index >= 15 is 0 Å². The Bertz CT molecular complexity index is 3210. The normalized spacial score (nSPS) is 11.3. The zero-order chi connectivity index (χ0) is 39.8. The number of rotatable bonds is 7. The van der Waals surface area contributed by atoms with Crippen LogP contribution in [0.3, 0.4) is 0 Å². The quantitative estimate of drug-likeness (QED) is 0.152. The van der Waals surface area contributed by atoms with Crippen molar-refractivity contribution < 1.29 is 0 Å². The highest BCUT2D eigenvalue weighted by molar-refractivity contribution is 6.20. The molecule has 0 N–H and O–H groups in total. The molecule has 0 atom stereocenters. The molecule has 0 radical (unpaired) electrons. The summed E-state index contributed by atoms with van der Waals surface area (Å²) in [6, 6.07) is 76.2. The van der Waals surface area contributed by atoms with Crippen molar-refractivity contribution in [1.82, 2.24) is 19.9 Å². The number of hydrogen-bond donors (Lipinski definition) is 0. The first kappa shape index (κ1) is 35.1. The van der Waals surface area contributed by atoms with E-state index in [1.165, 1.54) is 11.1 Å². The van der Waals surface area contributed by atoms with Gasteiger partial charge in [0, 0.05) is 44.0 Å². The van der Waals surface area contributed by atoms with Crippen LogP contribution >= 0.6 is 0 Å². The van der Waals surface area contributed by atoms with Gasteiger partial charge in [-0.3, -0.25) is 0 Å². The molecule has 0 amide bonds. The van der Waals surface area contributed by atoms with Crippen LogP contribution in [0.2, 0.25) is 0 Å². The van der Waals surface area contributed by atoms with E-state index in [1.807, 2.05) is 18.2 Å². The van der Waals surface area contributed by atoms with E-state index in [0.29, 0.717) is 5.82 Å². The summed E-state index contributed by atoms with van der Waals surface area (Å²) < 4.78 is 0. The van der Waals surface area contributed by atoms with Crippen LogP contribution < -0.4 is 0 Å².